The normalized spacial score (nSPS) is 11.0. The van der Waals surface area contributed by atoms with Gasteiger partial charge >= 0.3 is 0 Å². The molecule has 0 aliphatic carbocycles. The lowest BCUT2D eigenvalue weighted by Crippen LogP contribution is -2.15. The third-order valence-electron chi connectivity index (χ3n) is 3.99. The Bertz CT molecular complexity index is 941. The van der Waals surface area contributed by atoms with E-state index in [2.05, 4.69) is 15.5 Å². The SMILES string of the molecule is COCCCn1c(SCC(=O)Nc2cccc(F)c2)nnc1-c1ccoc1C. The molecule has 0 spiro atoms. The molecule has 9 heteroatoms. The van der Waals surface area contributed by atoms with Crippen molar-refractivity contribution < 1.29 is 18.3 Å². The molecule has 0 unspecified atom stereocenters. The Balaban J connectivity index is 1.71. The summed E-state index contributed by atoms with van der Waals surface area (Å²) in [5.74, 6) is 0.922. The maximum absolute atomic E-state index is 13.2. The molecule has 0 atom stereocenters. The monoisotopic (exact) mass is 404 g/mol. The van der Waals surface area contributed by atoms with E-state index in [1.54, 1.807) is 25.5 Å². The second-order valence-corrected chi connectivity index (χ2v) is 6.98. The van der Waals surface area contributed by atoms with E-state index in [0.717, 1.165) is 17.7 Å². The molecule has 1 N–H and O–H groups in total. The highest BCUT2D eigenvalue weighted by Gasteiger charge is 2.18. The largest absolute Gasteiger partial charge is 0.469 e. The summed E-state index contributed by atoms with van der Waals surface area (Å²) in [6.45, 7) is 3.11. The second-order valence-electron chi connectivity index (χ2n) is 6.04. The first-order valence-electron chi connectivity index (χ1n) is 8.73. The quantitative estimate of drug-likeness (QED) is 0.432. The Labute approximate surface area is 166 Å². The van der Waals surface area contributed by atoms with Crippen molar-refractivity contribution in [1.82, 2.24) is 14.8 Å². The third kappa shape index (κ3) is 4.99. The van der Waals surface area contributed by atoms with Crippen LogP contribution >= 0.6 is 11.8 Å². The van der Waals surface area contributed by atoms with Gasteiger partial charge < -0.3 is 19.0 Å². The van der Waals surface area contributed by atoms with Gasteiger partial charge in [-0.25, -0.2) is 4.39 Å². The minimum Gasteiger partial charge on any atom is -0.469 e. The van der Waals surface area contributed by atoms with E-state index in [4.69, 9.17) is 9.15 Å². The van der Waals surface area contributed by atoms with Gasteiger partial charge in [-0.3, -0.25) is 4.79 Å². The zero-order valence-corrected chi connectivity index (χ0v) is 16.5. The molecule has 1 aromatic carbocycles. The van der Waals surface area contributed by atoms with Crippen LogP contribution in [0.4, 0.5) is 10.1 Å². The molecule has 2 heterocycles. The predicted octanol–water partition coefficient (Wildman–Crippen LogP) is 3.75. The first-order chi connectivity index (χ1) is 13.6. The van der Waals surface area contributed by atoms with Crippen molar-refractivity contribution in [3.05, 3.63) is 48.2 Å². The Morgan fingerprint density at radius 3 is 2.93 bits per heavy atom. The van der Waals surface area contributed by atoms with E-state index in [1.807, 2.05) is 17.6 Å². The van der Waals surface area contributed by atoms with Crippen LogP contribution in [-0.2, 0) is 16.1 Å². The van der Waals surface area contributed by atoms with Crippen LogP contribution in [0.5, 0.6) is 0 Å². The number of furan rings is 1. The van der Waals surface area contributed by atoms with Gasteiger partial charge in [0, 0.05) is 25.9 Å². The number of thioether (sulfide) groups is 1. The fourth-order valence-electron chi connectivity index (χ4n) is 2.67. The summed E-state index contributed by atoms with van der Waals surface area (Å²) in [5, 5.41) is 11.8. The highest BCUT2D eigenvalue weighted by molar-refractivity contribution is 7.99. The number of ether oxygens (including phenoxy) is 1. The zero-order valence-electron chi connectivity index (χ0n) is 15.6. The standard InChI is InChI=1S/C19H21FN4O3S/c1-13-16(7-10-27-13)18-22-23-19(24(18)8-4-9-26-2)28-12-17(25)21-15-6-3-5-14(20)11-15/h3,5-7,10-11H,4,8-9,12H2,1-2H3,(H,21,25). The van der Waals surface area contributed by atoms with Crippen molar-refractivity contribution in [1.29, 1.82) is 0 Å². The van der Waals surface area contributed by atoms with Crippen molar-refractivity contribution in [3.8, 4) is 11.4 Å². The fraction of sp³-hybridized carbons (Fsp3) is 0.316. The number of hydrogen-bond donors (Lipinski definition) is 1. The van der Waals surface area contributed by atoms with E-state index < -0.39 is 5.82 Å². The number of aromatic nitrogens is 3. The van der Waals surface area contributed by atoms with Crippen LogP contribution in [0.15, 0.2) is 46.2 Å². The maximum atomic E-state index is 13.2. The van der Waals surface area contributed by atoms with Gasteiger partial charge in [0.2, 0.25) is 5.91 Å². The lowest BCUT2D eigenvalue weighted by molar-refractivity contribution is -0.113. The topological polar surface area (TPSA) is 82.2 Å². The molecule has 0 fully saturated rings. The summed E-state index contributed by atoms with van der Waals surface area (Å²) in [4.78, 5) is 12.2. The van der Waals surface area contributed by atoms with Gasteiger partial charge in [-0.05, 0) is 37.6 Å². The molecule has 0 bridgehead atoms. The second kappa shape index (κ2) is 9.52. The molecule has 0 saturated carbocycles. The van der Waals surface area contributed by atoms with Crippen LogP contribution in [-0.4, -0.2) is 40.1 Å². The average Bonchev–Trinajstić information content (AvgIpc) is 3.26. The number of anilines is 1. The van der Waals surface area contributed by atoms with Gasteiger partial charge in [0.25, 0.3) is 0 Å². The molecular weight excluding hydrogens is 383 g/mol. The molecule has 2 aromatic heterocycles. The number of carbonyl (C=O) groups excluding carboxylic acids is 1. The Hall–Kier alpha value is -2.65. The number of nitrogens with one attached hydrogen (secondary N) is 1. The molecule has 1 amide bonds. The molecule has 148 valence electrons. The van der Waals surface area contributed by atoms with Gasteiger partial charge in [0.05, 0.1) is 17.6 Å². The highest BCUT2D eigenvalue weighted by Crippen LogP contribution is 2.27. The summed E-state index contributed by atoms with van der Waals surface area (Å²) in [6.07, 6.45) is 2.39. The minimum absolute atomic E-state index is 0.128. The van der Waals surface area contributed by atoms with E-state index in [1.165, 1.54) is 23.9 Å². The number of aryl methyl sites for hydroxylation is 1. The zero-order chi connectivity index (χ0) is 19.9. The number of amides is 1. The van der Waals surface area contributed by atoms with Crippen molar-refractivity contribution >= 4 is 23.4 Å². The molecule has 28 heavy (non-hydrogen) atoms. The third-order valence-corrected chi connectivity index (χ3v) is 4.95. The minimum atomic E-state index is -0.400. The lowest BCUT2D eigenvalue weighted by Gasteiger charge is -2.10. The van der Waals surface area contributed by atoms with Gasteiger partial charge in [0.15, 0.2) is 11.0 Å². The smallest absolute Gasteiger partial charge is 0.234 e. The first kappa shape index (κ1) is 20.1. The predicted molar refractivity (Wildman–Crippen MR) is 105 cm³/mol. The molecule has 0 radical (unpaired) electrons. The van der Waals surface area contributed by atoms with Crippen LogP contribution < -0.4 is 5.32 Å². The summed E-state index contributed by atoms with van der Waals surface area (Å²) >= 11 is 1.27. The van der Waals surface area contributed by atoms with Crippen molar-refractivity contribution in [2.24, 2.45) is 0 Å². The van der Waals surface area contributed by atoms with Crippen LogP contribution in [0.25, 0.3) is 11.4 Å². The maximum Gasteiger partial charge on any atom is 0.234 e. The van der Waals surface area contributed by atoms with E-state index >= 15 is 0 Å². The van der Waals surface area contributed by atoms with E-state index in [-0.39, 0.29) is 11.7 Å². The van der Waals surface area contributed by atoms with Crippen molar-refractivity contribution in [3.63, 3.8) is 0 Å². The average molecular weight is 404 g/mol. The van der Waals surface area contributed by atoms with Crippen molar-refractivity contribution in [2.45, 2.75) is 25.0 Å². The number of carbonyl (C=O) groups is 1. The summed E-state index contributed by atoms with van der Waals surface area (Å²) in [6, 6.07) is 7.63. The van der Waals surface area contributed by atoms with Gasteiger partial charge in [-0.15, -0.1) is 10.2 Å². The molecule has 7 nitrogen and oxygen atoms in total. The van der Waals surface area contributed by atoms with Crippen LogP contribution in [0, 0.1) is 12.7 Å². The van der Waals surface area contributed by atoms with E-state index in [9.17, 15) is 9.18 Å². The molecule has 0 aliphatic rings. The number of methoxy groups -OCH3 is 1. The van der Waals surface area contributed by atoms with Gasteiger partial charge in [-0.2, -0.15) is 0 Å². The lowest BCUT2D eigenvalue weighted by atomic mass is 10.2. The molecule has 3 rings (SSSR count). The molecule has 3 aromatic rings. The Morgan fingerprint density at radius 2 is 2.21 bits per heavy atom. The van der Waals surface area contributed by atoms with Gasteiger partial charge in [-0.1, -0.05) is 17.8 Å². The molecule has 0 aliphatic heterocycles. The number of benzene rings is 1. The van der Waals surface area contributed by atoms with Crippen molar-refractivity contribution in [2.75, 3.05) is 24.8 Å². The Morgan fingerprint density at radius 1 is 1.36 bits per heavy atom. The summed E-state index contributed by atoms with van der Waals surface area (Å²) < 4.78 is 25.7. The fourth-order valence-corrected chi connectivity index (χ4v) is 3.44. The summed E-state index contributed by atoms with van der Waals surface area (Å²) in [5.41, 5.74) is 1.28. The van der Waals surface area contributed by atoms with Crippen LogP contribution in [0.3, 0.4) is 0 Å². The van der Waals surface area contributed by atoms with Gasteiger partial charge in [0.1, 0.15) is 11.6 Å². The molecular formula is C19H21FN4O3S. The number of halogens is 1. The summed E-state index contributed by atoms with van der Waals surface area (Å²) in [7, 11) is 1.65. The number of rotatable bonds is 9. The highest BCUT2D eigenvalue weighted by atomic mass is 32.2. The number of nitrogens with zero attached hydrogens (tertiary/aromatic N) is 3. The van der Waals surface area contributed by atoms with Crippen LogP contribution in [0.1, 0.15) is 12.2 Å². The molecule has 0 saturated heterocycles. The Kier molecular flexibility index (Phi) is 6.83. The van der Waals surface area contributed by atoms with Crippen LogP contribution in [0.2, 0.25) is 0 Å². The van der Waals surface area contributed by atoms with E-state index in [0.29, 0.717) is 29.8 Å². The number of hydrogen-bond acceptors (Lipinski definition) is 6. The first-order valence-corrected chi connectivity index (χ1v) is 9.72.